The van der Waals surface area contributed by atoms with Gasteiger partial charge in [0.15, 0.2) is 11.9 Å². The molecular weight excluding hydrogens is 566 g/mol. The number of ether oxygens (including phenoxy) is 1. The normalized spacial score (nSPS) is 11.9. The fourth-order valence-electron chi connectivity index (χ4n) is 5.78. The van der Waals surface area contributed by atoms with Crippen LogP contribution in [0.1, 0.15) is 97.7 Å². The smallest absolute Gasteiger partial charge is 0.439 e. The molecule has 5 aromatic rings. The summed E-state index contributed by atoms with van der Waals surface area (Å²) in [7, 11) is 0. The summed E-state index contributed by atoms with van der Waals surface area (Å²) < 4.78 is 13.3. The van der Waals surface area contributed by atoms with E-state index in [1.54, 1.807) is 10.8 Å². The van der Waals surface area contributed by atoms with Gasteiger partial charge in [-0.1, -0.05) is 93.7 Å². The highest BCUT2D eigenvalue weighted by Crippen LogP contribution is 2.35. The molecule has 0 amide bonds. The summed E-state index contributed by atoms with van der Waals surface area (Å²) in [6.07, 6.45) is 7.55. The molecule has 9 heteroatoms. The lowest BCUT2D eigenvalue weighted by atomic mass is 9.94. The lowest BCUT2D eigenvalue weighted by Gasteiger charge is -2.23. The number of nitrogens with one attached hydrogen (secondary N) is 1. The molecule has 2 aromatic carbocycles. The van der Waals surface area contributed by atoms with Crippen LogP contribution in [0, 0.1) is 6.92 Å². The zero-order valence-electron chi connectivity index (χ0n) is 26.5. The van der Waals surface area contributed by atoms with Crippen LogP contribution < -0.4 is 16.1 Å². The number of nitrogens with zero attached hydrogens (tertiary/aromatic N) is 4. The molecule has 5 rings (SSSR count). The fourth-order valence-corrected chi connectivity index (χ4v) is 5.78. The Kier molecular flexibility index (Phi) is 10.4. The minimum atomic E-state index is -0.665. The summed E-state index contributed by atoms with van der Waals surface area (Å²) in [5, 5.41) is 3.98. The van der Waals surface area contributed by atoms with Gasteiger partial charge in [0, 0.05) is 23.7 Å². The van der Waals surface area contributed by atoms with Gasteiger partial charge in [0.2, 0.25) is 0 Å². The number of hydrogen-bond acceptors (Lipinski definition) is 7. The van der Waals surface area contributed by atoms with E-state index in [2.05, 4.69) is 48.0 Å². The number of benzene rings is 2. The molecule has 234 valence electrons. The van der Waals surface area contributed by atoms with Crippen LogP contribution in [0.2, 0.25) is 0 Å². The average molecular weight is 608 g/mol. The molecule has 0 saturated carbocycles. The van der Waals surface area contributed by atoms with Gasteiger partial charge in [0.05, 0.1) is 5.69 Å². The van der Waals surface area contributed by atoms with Crippen molar-refractivity contribution in [3.63, 3.8) is 0 Å². The molecule has 0 aliphatic rings. The van der Waals surface area contributed by atoms with Gasteiger partial charge in [-0.3, -0.25) is 14.3 Å². The zero-order valence-corrected chi connectivity index (χ0v) is 26.5. The summed E-state index contributed by atoms with van der Waals surface area (Å²) in [5.74, 6) is 1.65. The van der Waals surface area contributed by atoms with Crippen molar-refractivity contribution >= 4 is 0 Å². The number of pyridine rings is 1. The van der Waals surface area contributed by atoms with Gasteiger partial charge in [-0.05, 0) is 61.4 Å². The second-order valence-electron chi connectivity index (χ2n) is 11.3. The lowest BCUT2D eigenvalue weighted by molar-refractivity contribution is 0.225. The molecule has 0 bridgehead atoms. The van der Waals surface area contributed by atoms with Crippen LogP contribution in [0.15, 0.2) is 81.0 Å². The van der Waals surface area contributed by atoms with Crippen LogP contribution in [0.4, 0.5) is 0 Å². The van der Waals surface area contributed by atoms with Crippen LogP contribution in [-0.2, 0) is 25.7 Å². The zero-order chi connectivity index (χ0) is 31.8. The highest BCUT2D eigenvalue weighted by molar-refractivity contribution is 5.48. The van der Waals surface area contributed by atoms with Gasteiger partial charge < -0.3 is 4.74 Å². The monoisotopic (exact) mass is 607 g/mol. The van der Waals surface area contributed by atoms with E-state index in [-0.39, 0.29) is 5.56 Å². The Morgan fingerprint density at radius 2 is 1.62 bits per heavy atom. The van der Waals surface area contributed by atoms with E-state index in [0.717, 1.165) is 78.6 Å². The van der Waals surface area contributed by atoms with Crippen LogP contribution in [0.5, 0.6) is 5.75 Å². The highest BCUT2D eigenvalue weighted by Gasteiger charge is 2.25. The standard InChI is InChI=1S/C36H41N5O4/c1-5-8-18-30-29(35(42)41(24(4)38-30)31-19-12-13-20-37-31)23-25-21-27(14-6-2)32(28(22-25)15-7-3)44-33(26-16-10-9-11-17-26)34-39-36(43)45-40-34/h9-13,16-17,19-22,33H,5-8,14-15,18,23H2,1-4H3,(H,39,40,43). The number of hydrogen-bond donors (Lipinski definition) is 1. The molecular formula is C36H41N5O4. The maximum Gasteiger partial charge on any atom is 0.439 e. The minimum absolute atomic E-state index is 0.0826. The summed E-state index contributed by atoms with van der Waals surface area (Å²) in [4.78, 5) is 38.1. The van der Waals surface area contributed by atoms with E-state index in [0.29, 0.717) is 29.5 Å². The second-order valence-corrected chi connectivity index (χ2v) is 11.3. The summed E-state index contributed by atoms with van der Waals surface area (Å²) in [6, 6.07) is 19.5. The lowest BCUT2D eigenvalue weighted by Crippen LogP contribution is -2.29. The van der Waals surface area contributed by atoms with Gasteiger partial charge in [0.25, 0.3) is 5.56 Å². The molecule has 3 heterocycles. The Bertz CT molecular complexity index is 1800. The predicted octanol–water partition coefficient (Wildman–Crippen LogP) is 6.62. The number of H-pyrrole nitrogens is 1. The van der Waals surface area contributed by atoms with E-state index >= 15 is 0 Å². The molecule has 0 fully saturated rings. The molecule has 45 heavy (non-hydrogen) atoms. The summed E-state index contributed by atoms with van der Waals surface area (Å²) in [6.45, 7) is 8.28. The third kappa shape index (κ3) is 7.30. The quantitative estimate of drug-likeness (QED) is 0.151. The molecule has 0 aliphatic carbocycles. The first-order valence-electron chi connectivity index (χ1n) is 15.9. The van der Waals surface area contributed by atoms with Crippen molar-refractivity contribution in [1.29, 1.82) is 0 Å². The van der Waals surface area contributed by atoms with E-state index in [9.17, 15) is 9.59 Å². The van der Waals surface area contributed by atoms with Gasteiger partial charge >= 0.3 is 5.76 Å². The Hall–Kier alpha value is -4.79. The van der Waals surface area contributed by atoms with E-state index in [1.165, 1.54) is 0 Å². The Morgan fingerprint density at radius 1 is 0.911 bits per heavy atom. The van der Waals surface area contributed by atoms with Gasteiger partial charge in [-0.25, -0.2) is 19.3 Å². The largest absolute Gasteiger partial charge is 0.477 e. The van der Waals surface area contributed by atoms with Crippen molar-refractivity contribution in [3.05, 3.63) is 133 Å². The minimum Gasteiger partial charge on any atom is -0.477 e. The first kappa shape index (κ1) is 31.6. The van der Waals surface area contributed by atoms with Gasteiger partial charge in [0.1, 0.15) is 17.4 Å². The van der Waals surface area contributed by atoms with Crippen molar-refractivity contribution in [2.75, 3.05) is 0 Å². The molecule has 0 aliphatic heterocycles. The number of aromatic amines is 1. The highest BCUT2D eigenvalue weighted by atomic mass is 16.5. The van der Waals surface area contributed by atoms with Crippen LogP contribution >= 0.6 is 0 Å². The molecule has 1 unspecified atom stereocenters. The van der Waals surface area contributed by atoms with Crippen molar-refractivity contribution in [1.82, 2.24) is 24.7 Å². The summed E-state index contributed by atoms with van der Waals surface area (Å²) >= 11 is 0. The Labute approximate surface area is 263 Å². The van der Waals surface area contributed by atoms with E-state index < -0.39 is 11.9 Å². The van der Waals surface area contributed by atoms with Crippen LogP contribution in [0.3, 0.4) is 0 Å². The third-order valence-electron chi connectivity index (χ3n) is 7.84. The van der Waals surface area contributed by atoms with Gasteiger partial charge in [-0.15, -0.1) is 0 Å². The number of rotatable bonds is 14. The molecule has 1 N–H and O–H groups in total. The average Bonchev–Trinajstić information content (AvgIpc) is 3.48. The van der Waals surface area contributed by atoms with Crippen molar-refractivity contribution in [3.8, 4) is 11.6 Å². The molecule has 9 nitrogen and oxygen atoms in total. The molecule has 3 aromatic heterocycles. The predicted molar refractivity (Wildman–Crippen MR) is 174 cm³/mol. The summed E-state index contributed by atoms with van der Waals surface area (Å²) in [5.41, 5.74) is 5.43. The van der Waals surface area contributed by atoms with Crippen LogP contribution in [-0.4, -0.2) is 24.7 Å². The van der Waals surface area contributed by atoms with E-state index in [1.807, 2.05) is 55.5 Å². The van der Waals surface area contributed by atoms with E-state index in [4.69, 9.17) is 14.2 Å². The fraction of sp³-hybridized carbons (Fsp3) is 0.361. The Morgan fingerprint density at radius 3 is 2.22 bits per heavy atom. The van der Waals surface area contributed by atoms with Crippen molar-refractivity contribution in [2.24, 2.45) is 0 Å². The second kappa shape index (κ2) is 14.8. The Balaban J connectivity index is 1.62. The maximum absolute atomic E-state index is 14.1. The topological polar surface area (TPSA) is 116 Å². The maximum atomic E-state index is 14.1. The number of aromatic nitrogens is 5. The molecule has 1 atom stereocenters. The van der Waals surface area contributed by atoms with Crippen molar-refractivity contribution in [2.45, 2.75) is 85.2 Å². The van der Waals surface area contributed by atoms with Gasteiger partial charge in [-0.2, -0.15) is 0 Å². The molecule has 0 radical (unpaired) electrons. The molecule has 0 saturated heterocycles. The first-order chi connectivity index (χ1) is 21.9. The molecule has 0 spiro atoms. The number of aryl methyl sites for hydroxylation is 4. The third-order valence-corrected chi connectivity index (χ3v) is 7.84. The first-order valence-corrected chi connectivity index (χ1v) is 15.9. The van der Waals surface area contributed by atoms with Crippen molar-refractivity contribution < 1.29 is 9.26 Å². The number of unbranched alkanes of at least 4 members (excludes halogenated alkanes) is 1. The SMILES string of the molecule is CCCCc1nc(C)n(-c2ccccn2)c(=O)c1Cc1cc(CCC)c(OC(c2ccccc2)c2noc(=O)[nH]2)c(CCC)c1. The van der Waals surface area contributed by atoms with Crippen LogP contribution in [0.25, 0.3) is 5.82 Å².